The van der Waals surface area contributed by atoms with Crippen LogP contribution in [0.1, 0.15) is 27.7 Å². The second-order valence-electron chi connectivity index (χ2n) is 7.13. The molecular weight excluding hydrogens is 400 g/mol. The Balaban J connectivity index is 2.75. The fraction of sp³-hybridized carbons (Fsp3) is 0.826. The Kier molecular flexibility index (Phi) is 14.8. The standard InChI is InChI=1S/C23H40N2O6/c1-6-24(7-2)14-10-12-16-29-21-20(27)19(18-26)31-23(28-5)22(21)30-17-13-11-15-25(8-3)9-4/h19-23,26-27H,6-9,14-18H2,1-5H3/t19-,20-,21+,22-,23+/m1/s1. The number of aliphatic hydroxyl groups excluding tert-OH is 2. The lowest BCUT2D eigenvalue weighted by atomic mass is 9.98. The third-order valence-corrected chi connectivity index (χ3v) is 5.37. The number of nitrogens with zero attached hydrogens (tertiary/aromatic N) is 2. The predicted molar refractivity (Wildman–Crippen MR) is 119 cm³/mol. The van der Waals surface area contributed by atoms with Gasteiger partial charge < -0.3 is 29.2 Å². The summed E-state index contributed by atoms with van der Waals surface area (Å²) in [7, 11) is 1.49. The Bertz CT molecular complexity index is 588. The molecule has 0 spiro atoms. The molecule has 0 aliphatic carbocycles. The van der Waals surface area contributed by atoms with Crippen LogP contribution in [0.25, 0.3) is 0 Å². The van der Waals surface area contributed by atoms with Crippen molar-refractivity contribution in [3.8, 4) is 23.7 Å². The van der Waals surface area contributed by atoms with E-state index in [2.05, 4.69) is 61.2 Å². The molecule has 31 heavy (non-hydrogen) atoms. The molecule has 0 unspecified atom stereocenters. The summed E-state index contributed by atoms with van der Waals surface area (Å²) in [5.41, 5.74) is 0. The van der Waals surface area contributed by atoms with E-state index < -0.39 is 30.7 Å². The summed E-state index contributed by atoms with van der Waals surface area (Å²) in [6.45, 7) is 13.4. The minimum Gasteiger partial charge on any atom is -0.394 e. The number of hydrogen-bond acceptors (Lipinski definition) is 8. The summed E-state index contributed by atoms with van der Waals surface area (Å²) >= 11 is 0. The van der Waals surface area contributed by atoms with E-state index in [0.29, 0.717) is 13.1 Å². The first-order valence-electron chi connectivity index (χ1n) is 11.1. The third-order valence-electron chi connectivity index (χ3n) is 5.37. The van der Waals surface area contributed by atoms with Gasteiger partial charge in [0.1, 0.15) is 37.6 Å². The average molecular weight is 441 g/mol. The first-order chi connectivity index (χ1) is 15.1. The van der Waals surface area contributed by atoms with Crippen LogP contribution in [0.2, 0.25) is 0 Å². The van der Waals surface area contributed by atoms with Gasteiger partial charge >= 0.3 is 0 Å². The molecule has 0 radical (unpaired) electrons. The number of hydrogen-bond donors (Lipinski definition) is 2. The van der Waals surface area contributed by atoms with E-state index in [-0.39, 0.29) is 19.8 Å². The summed E-state index contributed by atoms with van der Waals surface area (Å²) < 4.78 is 22.7. The third kappa shape index (κ3) is 9.44. The summed E-state index contributed by atoms with van der Waals surface area (Å²) in [6, 6.07) is 0. The lowest BCUT2D eigenvalue weighted by Crippen LogP contribution is -2.60. The van der Waals surface area contributed by atoms with Gasteiger partial charge in [-0.15, -0.1) is 0 Å². The van der Waals surface area contributed by atoms with Crippen molar-refractivity contribution in [3.05, 3.63) is 0 Å². The number of rotatable bonds is 12. The number of methoxy groups -OCH3 is 1. The summed E-state index contributed by atoms with van der Waals surface area (Å²) in [4.78, 5) is 4.40. The zero-order chi connectivity index (χ0) is 23.1. The zero-order valence-corrected chi connectivity index (χ0v) is 19.7. The van der Waals surface area contributed by atoms with Gasteiger partial charge in [0.15, 0.2) is 6.29 Å². The number of ether oxygens (including phenoxy) is 4. The largest absolute Gasteiger partial charge is 0.394 e. The van der Waals surface area contributed by atoms with Gasteiger partial charge in [-0.25, -0.2) is 0 Å². The summed E-state index contributed by atoms with van der Waals surface area (Å²) in [5.74, 6) is 12.1. The van der Waals surface area contributed by atoms with Crippen LogP contribution >= 0.6 is 0 Å². The van der Waals surface area contributed by atoms with E-state index >= 15 is 0 Å². The highest BCUT2D eigenvalue weighted by atomic mass is 16.7. The molecule has 5 atom stereocenters. The first-order valence-corrected chi connectivity index (χ1v) is 11.1. The molecule has 178 valence electrons. The Morgan fingerprint density at radius 3 is 1.71 bits per heavy atom. The molecular formula is C23H40N2O6. The monoisotopic (exact) mass is 440 g/mol. The lowest BCUT2D eigenvalue weighted by molar-refractivity contribution is -0.307. The molecule has 1 rings (SSSR count). The van der Waals surface area contributed by atoms with E-state index in [9.17, 15) is 10.2 Å². The van der Waals surface area contributed by atoms with Crippen molar-refractivity contribution in [2.24, 2.45) is 0 Å². The first kappa shape index (κ1) is 27.8. The van der Waals surface area contributed by atoms with Crippen LogP contribution in [0, 0.1) is 23.7 Å². The highest BCUT2D eigenvalue weighted by Gasteiger charge is 2.46. The molecule has 8 heteroatoms. The van der Waals surface area contributed by atoms with Gasteiger partial charge in [-0.05, 0) is 26.2 Å². The van der Waals surface area contributed by atoms with Crippen molar-refractivity contribution in [2.45, 2.75) is 58.4 Å². The van der Waals surface area contributed by atoms with E-state index in [4.69, 9.17) is 18.9 Å². The van der Waals surface area contributed by atoms with E-state index in [0.717, 1.165) is 26.2 Å². The molecule has 0 saturated carbocycles. The number of aliphatic hydroxyl groups is 2. The Labute approximate surface area is 187 Å². The molecule has 0 bridgehead atoms. The molecule has 8 nitrogen and oxygen atoms in total. The quantitative estimate of drug-likeness (QED) is 0.416. The molecule has 0 aromatic heterocycles. The molecule has 2 N–H and O–H groups in total. The van der Waals surface area contributed by atoms with Gasteiger partial charge in [0.25, 0.3) is 0 Å². The van der Waals surface area contributed by atoms with Crippen molar-refractivity contribution in [3.63, 3.8) is 0 Å². The van der Waals surface area contributed by atoms with Gasteiger partial charge in [-0.3, -0.25) is 9.80 Å². The van der Waals surface area contributed by atoms with Crippen molar-refractivity contribution in [2.75, 3.05) is 66.2 Å². The lowest BCUT2D eigenvalue weighted by Gasteiger charge is -2.42. The molecule has 1 heterocycles. The van der Waals surface area contributed by atoms with E-state index in [1.807, 2.05) is 0 Å². The van der Waals surface area contributed by atoms with Gasteiger partial charge in [-0.2, -0.15) is 0 Å². The molecule has 1 aliphatic rings. The maximum atomic E-state index is 10.6. The van der Waals surface area contributed by atoms with Crippen molar-refractivity contribution in [1.82, 2.24) is 9.80 Å². The molecule has 0 aromatic rings. The van der Waals surface area contributed by atoms with Gasteiger partial charge in [0.2, 0.25) is 0 Å². The van der Waals surface area contributed by atoms with Crippen LogP contribution in [-0.4, -0.2) is 117 Å². The highest BCUT2D eigenvalue weighted by molar-refractivity contribution is 5.04. The van der Waals surface area contributed by atoms with E-state index in [1.165, 1.54) is 7.11 Å². The maximum Gasteiger partial charge on any atom is 0.186 e. The van der Waals surface area contributed by atoms with Crippen molar-refractivity contribution < 1.29 is 29.2 Å². The second kappa shape index (κ2) is 16.4. The minimum absolute atomic E-state index is 0.130. The SMILES string of the molecule is CCN(CC)CC#CCO[C@H]1[C@@H](OC)O[C@H](CO)[C@@H](O)[C@@H]1OCC#CCN(CC)CC. The Morgan fingerprint density at radius 2 is 1.29 bits per heavy atom. The fourth-order valence-electron chi connectivity index (χ4n) is 3.21. The smallest absolute Gasteiger partial charge is 0.186 e. The maximum absolute atomic E-state index is 10.6. The molecule has 0 aromatic carbocycles. The fourth-order valence-corrected chi connectivity index (χ4v) is 3.21. The normalized spacial score (nSPS) is 25.8. The van der Waals surface area contributed by atoms with Crippen LogP contribution in [-0.2, 0) is 18.9 Å². The topological polar surface area (TPSA) is 83.9 Å². The average Bonchev–Trinajstić information content (AvgIpc) is 2.80. The van der Waals surface area contributed by atoms with Crippen LogP contribution in [0.3, 0.4) is 0 Å². The van der Waals surface area contributed by atoms with Gasteiger partial charge in [0.05, 0.1) is 19.7 Å². The Hall–Kier alpha value is -1.20. The van der Waals surface area contributed by atoms with Crippen molar-refractivity contribution >= 4 is 0 Å². The predicted octanol–water partition coefficient (Wildman–Crippen LogP) is 0.172. The van der Waals surface area contributed by atoms with Crippen LogP contribution in [0.15, 0.2) is 0 Å². The molecule has 1 fully saturated rings. The summed E-state index contributed by atoms with van der Waals surface area (Å²) in [5, 5.41) is 20.2. The van der Waals surface area contributed by atoms with Crippen LogP contribution in [0.5, 0.6) is 0 Å². The highest BCUT2D eigenvalue weighted by Crippen LogP contribution is 2.26. The van der Waals surface area contributed by atoms with Crippen molar-refractivity contribution in [1.29, 1.82) is 0 Å². The van der Waals surface area contributed by atoms with Crippen LogP contribution < -0.4 is 0 Å². The molecule has 0 amide bonds. The van der Waals surface area contributed by atoms with Crippen LogP contribution in [0.4, 0.5) is 0 Å². The molecule has 1 aliphatic heterocycles. The second-order valence-corrected chi connectivity index (χ2v) is 7.13. The molecule has 1 saturated heterocycles. The van der Waals surface area contributed by atoms with E-state index in [1.54, 1.807) is 0 Å². The van der Waals surface area contributed by atoms with Gasteiger partial charge in [0, 0.05) is 7.11 Å². The minimum atomic E-state index is -1.07. The Morgan fingerprint density at radius 1 is 0.806 bits per heavy atom. The summed E-state index contributed by atoms with van der Waals surface area (Å²) in [6.07, 6.45) is -4.15. The van der Waals surface area contributed by atoms with Gasteiger partial charge in [-0.1, -0.05) is 51.4 Å². The zero-order valence-electron chi connectivity index (χ0n) is 19.7.